The van der Waals surface area contributed by atoms with Crippen LogP contribution in [0.1, 0.15) is 59.2 Å². The normalized spacial score (nSPS) is 12.3. The molecule has 0 aliphatic rings. The van der Waals surface area contributed by atoms with Crippen LogP contribution in [0.15, 0.2) is 69.9 Å². The minimum absolute atomic E-state index is 0.0267. The van der Waals surface area contributed by atoms with Gasteiger partial charge >= 0.3 is 5.69 Å². The summed E-state index contributed by atoms with van der Waals surface area (Å²) < 4.78 is 3.97. The van der Waals surface area contributed by atoms with E-state index in [2.05, 4.69) is 34.9 Å². The Morgan fingerprint density at radius 2 is 1.76 bits per heavy atom. The fourth-order valence-corrected chi connectivity index (χ4v) is 5.12. The number of fused-ring (bicyclic) bond motifs is 1. The molecule has 2 heterocycles. The van der Waals surface area contributed by atoms with E-state index >= 15 is 0 Å². The molecule has 0 fully saturated rings. The molecule has 0 saturated carbocycles. The van der Waals surface area contributed by atoms with Crippen molar-refractivity contribution in [2.45, 2.75) is 46.7 Å². The average Bonchev–Trinajstić information content (AvgIpc) is 3.17. The quantitative estimate of drug-likeness (QED) is 0.306. The predicted octanol–water partition coefficient (Wildman–Crippen LogP) is 5.11. The SMILES string of the molecule is Cc1ccc(C(=O)N(CCCN)[C@@H](c2cc3c(Br)c(C)nn3c(=O)n2Cc2ccccc2)C(C)C)cc1. The molecule has 0 bridgehead atoms. The van der Waals surface area contributed by atoms with E-state index < -0.39 is 0 Å². The zero-order valence-electron chi connectivity index (χ0n) is 21.8. The van der Waals surface area contributed by atoms with Gasteiger partial charge in [0.1, 0.15) is 0 Å². The van der Waals surface area contributed by atoms with Gasteiger partial charge in [0.05, 0.1) is 28.3 Å². The molecule has 0 saturated heterocycles. The second kappa shape index (κ2) is 11.4. The van der Waals surface area contributed by atoms with E-state index in [1.165, 1.54) is 4.52 Å². The third kappa shape index (κ3) is 5.55. The number of halogens is 1. The number of benzene rings is 2. The van der Waals surface area contributed by atoms with E-state index in [9.17, 15) is 9.59 Å². The first-order chi connectivity index (χ1) is 17.7. The lowest BCUT2D eigenvalue weighted by Gasteiger charge is -2.36. The summed E-state index contributed by atoms with van der Waals surface area (Å²) in [4.78, 5) is 29.7. The summed E-state index contributed by atoms with van der Waals surface area (Å²) in [5.41, 5.74) is 10.6. The first-order valence-corrected chi connectivity index (χ1v) is 13.4. The molecule has 4 rings (SSSR count). The molecule has 1 amide bonds. The van der Waals surface area contributed by atoms with Gasteiger partial charge in [0, 0.05) is 17.8 Å². The van der Waals surface area contributed by atoms with Crippen LogP contribution in [0.5, 0.6) is 0 Å². The van der Waals surface area contributed by atoms with Crippen LogP contribution in [0.2, 0.25) is 0 Å². The van der Waals surface area contributed by atoms with Crippen molar-refractivity contribution in [3.05, 3.63) is 104 Å². The molecule has 0 radical (unpaired) electrons. The molecule has 2 N–H and O–H groups in total. The van der Waals surface area contributed by atoms with Crippen molar-refractivity contribution < 1.29 is 4.79 Å². The van der Waals surface area contributed by atoms with Gasteiger partial charge in [-0.15, -0.1) is 0 Å². The topological polar surface area (TPSA) is 85.6 Å². The van der Waals surface area contributed by atoms with Crippen LogP contribution in [0, 0.1) is 19.8 Å². The zero-order chi connectivity index (χ0) is 26.7. The van der Waals surface area contributed by atoms with Crippen LogP contribution in [0.25, 0.3) is 5.52 Å². The highest BCUT2D eigenvalue weighted by Gasteiger charge is 2.32. The number of hydrogen-bond donors (Lipinski definition) is 1. The van der Waals surface area contributed by atoms with Crippen LogP contribution in [-0.4, -0.2) is 38.1 Å². The molecular weight excluding hydrogens is 530 g/mol. The molecule has 0 unspecified atom stereocenters. The van der Waals surface area contributed by atoms with Crippen molar-refractivity contribution >= 4 is 27.4 Å². The van der Waals surface area contributed by atoms with Crippen molar-refractivity contribution in [1.29, 1.82) is 0 Å². The first-order valence-electron chi connectivity index (χ1n) is 12.6. The average molecular weight is 565 g/mol. The lowest BCUT2D eigenvalue weighted by molar-refractivity contribution is 0.0609. The Kier molecular flexibility index (Phi) is 8.29. The van der Waals surface area contributed by atoms with Crippen LogP contribution in [-0.2, 0) is 6.54 Å². The molecule has 2 aromatic carbocycles. The van der Waals surface area contributed by atoms with Gasteiger partial charge in [-0.1, -0.05) is 61.9 Å². The summed E-state index contributed by atoms with van der Waals surface area (Å²) >= 11 is 3.62. The smallest absolute Gasteiger partial charge is 0.330 e. The minimum Gasteiger partial charge on any atom is -0.330 e. The Labute approximate surface area is 226 Å². The predicted molar refractivity (Wildman–Crippen MR) is 151 cm³/mol. The second-order valence-corrected chi connectivity index (χ2v) is 10.6. The third-order valence-electron chi connectivity index (χ3n) is 6.65. The number of carbonyl (C=O) groups excluding carboxylic acids is 1. The van der Waals surface area contributed by atoms with Crippen LogP contribution in [0.3, 0.4) is 0 Å². The Hall–Kier alpha value is -3.23. The maximum Gasteiger partial charge on any atom is 0.349 e. The van der Waals surface area contributed by atoms with Gasteiger partial charge in [0.25, 0.3) is 5.91 Å². The summed E-state index contributed by atoms with van der Waals surface area (Å²) in [6, 6.07) is 19.1. The van der Waals surface area contributed by atoms with E-state index in [4.69, 9.17) is 5.73 Å². The highest BCUT2D eigenvalue weighted by atomic mass is 79.9. The lowest BCUT2D eigenvalue weighted by Crippen LogP contribution is -2.42. The van der Waals surface area contributed by atoms with Crippen LogP contribution in [0.4, 0.5) is 0 Å². The van der Waals surface area contributed by atoms with Crippen molar-refractivity contribution in [1.82, 2.24) is 19.1 Å². The highest BCUT2D eigenvalue weighted by Crippen LogP contribution is 2.32. The van der Waals surface area contributed by atoms with Crippen LogP contribution >= 0.6 is 15.9 Å². The van der Waals surface area contributed by atoms with Crippen molar-refractivity contribution in [3.8, 4) is 0 Å². The molecule has 7 nitrogen and oxygen atoms in total. The van der Waals surface area contributed by atoms with E-state index in [0.717, 1.165) is 27.0 Å². The van der Waals surface area contributed by atoms with E-state index in [1.54, 1.807) is 4.57 Å². The second-order valence-electron chi connectivity index (χ2n) is 9.82. The van der Waals surface area contributed by atoms with Crippen molar-refractivity contribution in [3.63, 3.8) is 0 Å². The number of aromatic nitrogens is 3. The Balaban J connectivity index is 1.94. The number of carbonyl (C=O) groups is 1. The van der Waals surface area contributed by atoms with Crippen molar-refractivity contribution in [2.24, 2.45) is 11.7 Å². The van der Waals surface area contributed by atoms with Gasteiger partial charge in [-0.2, -0.15) is 9.61 Å². The molecule has 194 valence electrons. The zero-order valence-corrected chi connectivity index (χ0v) is 23.4. The van der Waals surface area contributed by atoms with Gasteiger partial charge in [0.15, 0.2) is 0 Å². The molecule has 4 aromatic rings. The summed E-state index contributed by atoms with van der Waals surface area (Å²) in [6.45, 7) is 9.35. The Bertz CT molecular complexity index is 1440. The Morgan fingerprint density at radius 3 is 2.38 bits per heavy atom. The first kappa shape index (κ1) is 26.8. The van der Waals surface area contributed by atoms with Crippen LogP contribution < -0.4 is 11.4 Å². The number of amides is 1. The van der Waals surface area contributed by atoms with Gasteiger partial charge in [0.2, 0.25) is 0 Å². The fraction of sp³-hybridized carbons (Fsp3) is 0.345. The van der Waals surface area contributed by atoms with E-state index in [-0.39, 0.29) is 23.6 Å². The lowest BCUT2D eigenvalue weighted by atomic mass is 9.96. The van der Waals surface area contributed by atoms with Crippen molar-refractivity contribution in [2.75, 3.05) is 13.1 Å². The van der Waals surface area contributed by atoms with Gasteiger partial charge in [-0.25, -0.2) is 4.79 Å². The number of aryl methyl sites for hydroxylation is 2. The number of rotatable bonds is 9. The largest absolute Gasteiger partial charge is 0.349 e. The monoisotopic (exact) mass is 563 g/mol. The number of nitrogens with two attached hydrogens (primary N) is 1. The molecule has 37 heavy (non-hydrogen) atoms. The van der Waals surface area contributed by atoms with E-state index in [0.29, 0.717) is 37.1 Å². The number of nitrogens with zero attached hydrogens (tertiary/aromatic N) is 4. The summed E-state index contributed by atoms with van der Waals surface area (Å²) in [6.07, 6.45) is 0.654. The number of hydrogen-bond acceptors (Lipinski definition) is 4. The highest BCUT2D eigenvalue weighted by molar-refractivity contribution is 9.10. The maximum atomic E-state index is 13.9. The minimum atomic E-state index is -0.358. The van der Waals surface area contributed by atoms with Gasteiger partial charge in [-0.05, 0) is 72.4 Å². The molecule has 0 aliphatic heterocycles. The summed E-state index contributed by atoms with van der Waals surface area (Å²) in [7, 11) is 0. The van der Waals surface area contributed by atoms with Gasteiger partial charge < -0.3 is 10.6 Å². The summed E-state index contributed by atoms with van der Waals surface area (Å²) in [5.74, 6) is -0.0478. The fourth-order valence-electron chi connectivity index (χ4n) is 4.76. The third-order valence-corrected chi connectivity index (χ3v) is 7.63. The molecular formula is C29H34BrN5O2. The maximum absolute atomic E-state index is 13.9. The molecule has 1 atom stereocenters. The molecule has 2 aromatic heterocycles. The standard InChI is InChI=1S/C29H34BrN5O2/c1-19(2)27(33(16-8-15-31)28(36)23-13-11-20(3)12-14-23)25-17-24-26(30)21(4)32-35(24)29(37)34(25)18-22-9-6-5-7-10-22/h5-7,9-14,17,19,27H,8,15-16,18,31H2,1-4H3/t27-/m1/s1. The molecule has 0 spiro atoms. The molecule has 8 heteroatoms. The van der Waals surface area contributed by atoms with Gasteiger partial charge in [-0.3, -0.25) is 9.36 Å². The summed E-state index contributed by atoms with van der Waals surface area (Å²) in [5, 5.41) is 4.48. The van der Waals surface area contributed by atoms with E-state index in [1.807, 2.05) is 79.4 Å². The Morgan fingerprint density at radius 1 is 1.08 bits per heavy atom. The molecule has 0 aliphatic carbocycles.